The third-order valence-corrected chi connectivity index (χ3v) is 5.79. The maximum absolute atomic E-state index is 5.69. The van der Waals surface area contributed by atoms with Crippen LogP contribution in [0.5, 0.6) is 0 Å². The molecule has 0 saturated heterocycles. The summed E-state index contributed by atoms with van der Waals surface area (Å²) in [5, 5.41) is 2.77. The van der Waals surface area contributed by atoms with E-state index in [1.54, 1.807) is 14.2 Å². The van der Waals surface area contributed by atoms with Crippen LogP contribution >= 0.6 is 0 Å². The fraction of sp³-hybridized carbons (Fsp3) is 0.300. The van der Waals surface area contributed by atoms with Crippen molar-refractivity contribution in [1.82, 2.24) is 0 Å². The van der Waals surface area contributed by atoms with Crippen LogP contribution in [0.15, 0.2) is 48.5 Å². The SMILES string of the molecule is COCC12C3=c4ccccc4=C1C2(COC)c1ccccc13. The Morgan fingerprint density at radius 3 is 2.18 bits per heavy atom. The van der Waals surface area contributed by atoms with Crippen molar-refractivity contribution in [3.05, 3.63) is 70.1 Å². The Kier molecular flexibility index (Phi) is 2.23. The molecule has 0 spiro atoms. The van der Waals surface area contributed by atoms with E-state index in [0.29, 0.717) is 0 Å². The highest BCUT2D eigenvalue weighted by Gasteiger charge is 2.80. The average molecular weight is 290 g/mol. The molecule has 5 rings (SSSR count). The third-order valence-electron chi connectivity index (χ3n) is 5.79. The molecule has 110 valence electrons. The van der Waals surface area contributed by atoms with Crippen LogP contribution in [0.4, 0.5) is 0 Å². The Hall–Kier alpha value is -1.90. The van der Waals surface area contributed by atoms with Gasteiger partial charge >= 0.3 is 0 Å². The van der Waals surface area contributed by atoms with Gasteiger partial charge in [-0.25, -0.2) is 0 Å². The van der Waals surface area contributed by atoms with E-state index in [2.05, 4.69) is 48.5 Å². The maximum Gasteiger partial charge on any atom is 0.0610 e. The molecule has 2 unspecified atom stereocenters. The van der Waals surface area contributed by atoms with Gasteiger partial charge in [0.25, 0.3) is 0 Å². The molecule has 0 aromatic heterocycles. The quantitative estimate of drug-likeness (QED) is 0.851. The van der Waals surface area contributed by atoms with Gasteiger partial charge in [-0.05, 0) is 32.7 Å². The van der Waals surface area contributed by atoms with Crippen molar-refractivity contribution in [2.24, 2.45) is 5.41 Å². The zero-order chi connectivity index (χ0) is 14.9. The smallest absolute Gasteiger partial charge is 0.0610 e. The highest BCUT2D eigenvalue weighted by atomic mass is 16.5. The van der Waals surface area contributed by atoms with Crippen LogP contribution < -0.4 is 10.4 Å². The molecule has 0 amide bonds. The van der Waals surface area contributed by atoms with Gasteiger partial charge in [-0.1, -0.05) is 48.5 Å². The topological polar surface area (TPSA) is 18.5 Å². The first kappa shape index (κ1) is 12.6. The van der Waals surface area contributed by atoms with E-state index in [1.165, 1.54) is 32.7 Å². The molecule has 2 aromatic carbocycles. The summed E-state index contributed by atoms with van der Waals surface area (Å²) in [4.78, 5) is 0. The van der Waals surface area contributed by atoms with E-state index in [9.17, 15) is 0 Å². The first-order chi connectivity index (χ1) is 10.8. The van der Waals surface area contributed by atoms with E-state index in [1.807, 2.05) is 0 Å². The number of methoxy groups -OCH3 is 2. The van der Waals surface area contributed by atoms with Crippen LogP contribution in [-0.4, -0.2) is 27.4 Å². The van der Waals surface area contributed by atoms with E-state index in [4.69, 9.17) is 9.47 Å². The van der Waals surface area contributed by atoms with Gasteiger partial charge in [0.05, 0.1) is 24.0 Å². The highest BCUT2D eigenvalue weighted by Crippen LogP contribution is 2.81. The number of fused-ring (bicyclic) bond motifs is 5. The van der Waals surface area contributed by atoms with Crippen LogP contribution in [0.25, 0.3) is 11.1 Å². The summed E-state index contributed by atoms with van der Waals surface area (Å²) < 4.78 is 11.4. The molecule has 0 N–H and O–H groups in total. The van der Waals surface area contributed by atoms with Crippen molar-refractivity contribution in [2.75, 3.05) is 27.4 Å². The number of rotatable bonds is 4. The minimum Gasteiger partial charge on any atom is -0.383 e. The zero-order valence-electron chi connectivity index (χ0n) is 12.8. The molecule has 0 bridgehead atoms. The summed E-state index contributed by atoms with van der Waals surface area (Å²) in [7, 11) is 3.61. The van der Waals surface area contributed by atoms with Crippen LogP contribution in [0.3, 0.4) is 0 Å². The van der Waals surface area contributed by atoms with Crippen molar-refractivity contribution in [3.63, 3.8) is 0 Å². The molecular weight excluding hydrogens is 272 g/mol. The van der Waals surface area contributed by atoms with Crippen LogP contribution in [-0.2, 0) is 14.9 Å². The van der Waals surface area contributed by atoms with Gasteiger partial charge in [-0.3, -0.25) is 0 Å². The highest BCUT2D eigenvalue weighted by molar-refractivity contribution is 6.09. The number of ether oxygens (including phenoxy) is 2. The summed E-state index contributed by atoms with van der Waals surface area (Å²) in [6, 6.07) is 17.6. The predicted molar refractivity (Wildman–Crippen MR) is 85.9 cm³/mol. The normalized spacial score (nSPS) is 29.4. The molecule has 0 aliphatic heterocycles. The summed E-state index contributed by atoms with van der Waals surface area (Å²) in [6.45, 7) is 1.45. The first-order valence-electron chi connectivity index (χ1n) is 7.76. The lowest BCUT2D eigenvalue weighted by molar-refractivity contribution is 0.124. The van der Waals surface area contributed by atoms with Gasteiger partial charge in [0.15, 0.2) is 0 Å². The Bertz CT molecular complexity index is 927. The van der Waals surface area contributed by atoms with E-state index >= 15 is 0 Å². The Balaban J connectivity index is 1.97. The molecule has 0 heterocycles. The fourth-order valence-electron chi connectivity index (χ4n) is 5.25. The van der Waals surface area contributed by atoms with Gasteiger partial charge < -0.3 is 9.47 Å². The van der Waals surface area contributed by atoms with Gasteiger partial charge in [0.1, 0.15) is 0 Å². The monoisotopic (exact) mass is 290 g/mol. The standard InChI is InChI=1S/C20H18O2/c1-21-11-19-16-10-6-5-9-15(16)17-13-7-3-4-8-14(13)18(19)20(17,19)12-22-2/h3-10H,11-12H2,1-2H3. The second kappa shape index (κ2) is 3.89. The first-order valence-corrected chi connectivity index (χ1v) is 7.76. The Labute approximate surface area is 129 Å². The number of benzene rings is 2. The van der Waals surface area contributed by atoms with Gasteiger partial charge in [-0.15, -0.1) is 0 Å². The summed E-state index contributed by atoms with van der Waals surface area (Å²) in [5.41, 5.74) is 5.73. The van der Waals surface area contributed by atoms with Crippen molar-refractivity contribution in [2.45, 2.75) is 5.41 Å². The van der Waals surface area contributed by atoms with E-state index in [0.717, 1.165) is 13.2 Å². The number of hydrogen-bond donors (Lipinski definition) is 0. The second-order valence-electron chi connectivity index (χ2n) is 6.52. The predicted octanol–water partition coefficient (Wildman–Crippen LogP) is 1.59. The molecule has 1 saturated carbocycles. The van der Waals surface area contributed by atoms with E-state index < -0.39 is 0 Å². The summed E-state index contributed by atoms with van der Waals surface area (Å²) in [6.07, 6.45) is 0. The second-order valence-corrected chi connectivity index (χ2v) is 6.52. The van der Waals surface area contributed by atoms with Crippen LogP contribution in [0, 0.1) is 5.41 Å². The van der Waals surface area contributed by atoms with Crippen LogP contribution in [0.2, 0.25) is 0 Å². The molecule has 3 aliphatic carbocycles. The van der Waals surface area contributed by atoms with Gasteiger partial charge in [0.2, 0.25) is 0 Å². The zero-order valence-corrected chi connectivity index (χ0v) is 12.8. The lowest BCUT2D eigenvalue weighted by atomic mass is 9.90. The van der Waals surface area contributed by atoms with Crippen molar-refractivity contribution in [3.8, 4) is 0 Å². The van der Waals surface area contributed by atoms with Gasteiger partial charge in [0, 0.05) is 14.2 Å². The molecule has 2 nitrogen and oxygen atoms in total. The third kappa shape index (κ3) is 1.05. The molecule has 2 atom stereocenters. The molecule has 0 radical (unpaired) electrons. The van der Waals surface area contributed by atoms with Crippen molar-refractivity contribution in [1.29, 1.82) is 0 Å². The number of hydrogen-bond acceptors (Lipinski definition) is 2. The molecule has 2 aromatic rings. The fourth-order valence-corrected chi connectivity index (χ4v) is 5.25. The minimum absolute atomic E-state index is 0.00880. The largest absolute Gasteiger partial charge is 0.383 e. The lowest BCUT2D eigenvalue weighted by Gasteiger charge is -2.18. The molecular formula is C20H18O2. The molecule has 2 heteroatoms. The van der Waals surface area contributed by atoms with E-state index in [-0.39, 0.29) is 10.8 Å². The van der Waals surface area contributed by atoms with Crippen molar-refractivity contribution < 1.29 is 9.47 Å². The lowest BCUT2D eigenvalue weighted by Crippen LogP contribution is -2.30. The Morgan fingerprint density at radius 2 is 1.41 bits per heavy atom. The van der Waals surface area contributed by atoms with Gasteiger partial charge in [-0.2, -0.15) is 0 Å². The Morgan fingerprint density at radius 1 is 0.773 bits per heavy atom. The molecule has 3 aliphatic rings. The molecule has 1 fully saturated rings. The minimum atomic E-state index is -0.0158. The van der Waals surface area contributed by atoms with Crippen molar-refractivity contribution >= 4 is 11.1 Å². The average Bonchev–Trinajstić information content (AvgIpc) is 2.91. The molecule has 22 heavy (non-hydrogen) atoms. The van der Waals surface area contributed by atoms with Crippen LogP contribution in [0.1, 0.15) is 11.1 Å². The maximum atomic E-state index is 5.69. The summed E-state index contributed by atoms with van der Waals surface area (Å²) >= 11 is 0. The summed E-state index contributed by atoms with van der Waals surface area (Å²) in [5.74, 6) is 0.